The van der Waals surface area contributed by atoms with Gasteiger partial charge in [-0.05, 0) is 24.0 Å². The van der Waals surface area contributed by atoms with Crippen molar-refractivity contribution in [3.8, 4) is 0 Å². The normalized spacial score (nSPS) is 11.2. The molecule has 0 spiro atoms. The molecule has 3 nitrogen and oxygen atoms in total. The Bertz CT molecular complexity index is 437. The van der Waals surface area contributed by atoms with Crippen molar-refractivity contribution >= 4 is 29.1 Å². The lowest BCUT2D eigenvalue weighted by Crippen LogP contribution is -2.37. The summed E-state index contributed by atoms with van der Waals surface area (Å²) in [6.45, 7) is 9.75. The van der Waals surface area contributed by atoms with E-state index in [2.05, 4.69) is 32.7 Å². The molecule has 0 aromatic carbocycles. The Hall–Kier alpha value is -0.800. The summed E-state index contributed by atoms with van der Waals surface area (Å²) in [5.74, 6) is 0.722. The Morgan fingerprint density at radius 1 is 1.16 bits per heavy atom. The minimum absolute atomic E-state index is 0.0865. The summed E-state index contributed by atoms with van der Waals surface area (Å²) >= 11 is 11.7. The topological polar surface area (TPSA) is 33.2 Å². The highest BCUT2D eigenvalue weighted by atomic mass is 35.5. The van der Waals surface area contributed by atoms with Gasteiger partial charge >= 0.3 is 0 Å². The molecule has 0 radical (unpaired) electrons. The average Bonchev–Trinajstić information content (AvgIpc) is 2.26. The summed E-state index contributed by atoms with van der Waals surface area (Å²) < 4.78 is 0. The highest BCUT2D eigenvalue weighted by Gasteiger charge is 2.21. The van der Waals surface area contributed by atoms with Crippen molar-refractivity contribution < 1.29 is 4.79 Å². The average molecular weight is 303 g/mol. The Morgan fingerprint density at radius 2 is 1.68 bits per heavy atom. The third-order valence-electron chi connectivity index (χ3n) is 2.50. The standard InChI is InChI=1S/C14H20Cl2N2O/c1-9(2)7-18(8-10(3)4)14(19)11-5-6-12(15)17-13(11)16/h5-6,9-10H,7-8H2,1-4H3. The van der Waals surface area contributed by atoms with Crippen LogP contribution in [0.4, 0.5) is 0 Å². The molecule has 0 N–H and O–H groups in total. The van der Waals surface area contributed by atoms with Gasteiger partial charge in [-0.1, -0.05) is 50.9 Å². The maximum Gasteiger partial charge on any atom is 0.257 e. The van der Waals surface area contributed by atoms with Gasteiger partial charge in [0.1, 0.15) is 10.3 Å². The number of carbonyl (C=O) groups excluding carboxylic acids is 1. The van der Waals surface area contributed by atoms with Gasteiger partial charge in [0, 0.05) is 13.1 Å². The number of carbonyl (C=O) groups is 1. The number of halogens is 2. The lowest BCUT2D eigenvalue weighted by atomic mass is 10.1. The van der Waals surface area contributed by atoms with Gasteiger partial charge in [0.25, 0.3) is 5.91 Å². The van der Waals surface area contributed by atoms with Crippen LogP contribution in [0.2, 0.25) is 10.3 Å². The summed E-state index contributed by atoms with van der Waals surface area (Å²) in [6.07, 6.45) is 0. The summed E-state index contributed by atoms with van der Waals surface area (Å²) in [4.78, 5) is 18.3. The minimum atomic E-state index is -0.0865. The van der Waals surface area contributed by atoms with Crippen LogP contribution in [0.25, 0.3) is 0 Å². The van der Waals surface area contributed by atoms with Gasteiger partial charge in [-0.25, -0.2) is 4.98 Å². The fraction of sp³-hybridized carbons (Fsp3) is 0.571. The van der Waals surface area contributed by atoms with Gasteiger partial charge in [0.05, 0.1) is 5.56 Å². The molecule has 0 aliphatic heterocycles. The van der Waals surface area contributed by atoms with E-state index >= 15 is 0 Å². The minimum Gasteiger partial charge on any atom is -0.338 e. The molecule has 0 aliphatic carbocycles. The van der Waals surface area contributed by atoms with Gasteiger partial charge in [0.15, 0.2) is 0 Å². The summed E-state index contributed by atoms with van der Waals surface area (Å²) in [7, 11) is 0. The van der Waals surface area contributed by atoms with E-state index in [4.69, 9.17) is 23.2 Å². The third kappa shape index (κ3) is 5.00. The van der Waals surface area contributed by atoms with Crippen LogP contribution in [0.15, 0.2) is 12.1 Å². The van der Waals surface area contributed by atoms with E-state index in [1.54, 1.807) is 12.1 Å². The van der Waals surface area contributed by atoms with Crippen molar-refractivity contribution in [2.45, 2.75) is 27.7 Å². The van der Waals surface area contributed by atoms with Gasteiger partial charge < -0.3 is 4.90 Å². The van der Waals surface area contributed by atoms with Crippen LogP contribution in [0.3, 0.4) is 0 Å². The molecular formula is C14H20Cl2N2O. The van der Waals surface area contributed by atoms with E-state index in [1.165, 1.54) is 0 Å². The first-order valence-electron chi connectivity index (χ1n) is 6.42. The Balaban J connectivity index is 2.97. The van der Waals surface area contributed by atoms with Crippen molar-refractivity contribution in [1.29, 1.82) is 0 Å². The molecule has 5 heteroatoms. The van der Waals surface area contributed by atoms with E-state index in [0.29, 0.717) is 35.6 Å². The van der Waals surface area contributed by atoms with Crippen LogP contribution < -0.4 is 0 Å². The molecule has 106 valence electrons. The molecule has 0 saturated carbocycles. The third-order valence-corrected chi connectivity index (χ3v) is 3.00. The molecule has 1 aromatic rings. The molecule has 1 amide bonds. The second-order valence-corrected chi connectivity index (χ2v) is 6.22. The number of nitrogens with zero attached hydrogens (tertiary/aromatic N) is 2. The van der Waals surface area contributed by atoms with Gasteiger partial charge in [0.2, 0.25) is 0 Å². The molecule has 0 bridgehead atoms. The van der Waals surface area contributed by atoms with Crippen LogP contribution in [-0.2, 0) is 0 Å². The Labute approximate surface area is 124 Å². The SMILES string of the molecule is CC(C)CN(CC(C)C)C(=O)c1ccc(Cl)nc1Cl. The molecule has 0 fully saturated rings. The van der Waals surface area contributed by atoms with Gasteiger partial charge in [-0.3, -0.25) is 4.79 Å². The second kappa shape index (κ2) is 7.11. The smallest absolute Gasteiger partial charge is 0.257 e. The monoisotopic (exact) mass is 302 g/mol. The lowest BCUT2D eigenvalue weighted by Gasteiger charge is -2.26. The predicted molar refractivity (Wildman–Crippen MR) is 79.8 cm³/mol. The first-order valence-corrected chi connectivity index (χ1v) is 7.18. The van der Waals surface area contributed by atoms with Crippen LogP contribution in [-0.4, -0.2) is 28.9 Å². The molecule has 1 rings (SSSR count). The number of hydrogen-bond acceptors (Lipinski definition) is 2. The van der Waals surface area contributed by atoms with Gasteiger partial charge in [-0.15, -0.1) is 0 Å². The number of amides is 1. The first kappa shape index (κ1) is 16.3. The molecular weight excluding hydrogens is 283 g/mol. The Kier molecular flexibility index (Phi) is 6.08. The number of hydrogen-bond donors (Lipinski definition) is 0. The van der Waals surface area contributed by atoms with Crippen LogP contribution in [0.1, 0.15) is 38.1 Å². The van der Waals surface area contributed by atoms with Crippen LogP contribution in [0.5, 0.6) is 0 Å². The maximum atomic E-state index is 12.5. The zero-order valence-electron chi connectivity index (χ0n) is 11.8. The molecule has 0 saturated heterocycles. The molecule has 0 atom stereocenters. The fourth-order valence-electron chi connectivity index (χ4n) is 1.86. The fourth-order valence-corrected chi connectivity index (χ4v) is 2.29. The van der Waals surface area contributed by atoms with E-state index in [9.17, 15) is 4.79 Å². The highest BCUT2D eigenvalue weighted by molar-refractivity contribution is 6.34. The Morgan fingerprint density at radius 3 is 2.11 bits per heavy atom. The van der Waals surface area contributed by atoms with Crippen molar-refractivity contribution in [1.82, 2.24) is 9.88 Å². The molecule has 0 unspecified atom stereocenters. The van der Waals surface area contributed by atoms with Crippen LogP contribution >= 0.6 is 23.2 Å². The number of pyridine rings is 1. The van der Waals surface area contributed by atoms with Gasteiger partial charge in [-0.2, -0.15) is 0 Å². The zero-order valence-corrected chi connectivity index (χ0v) is 13.3. The van der Waals surface area contributed by atoms with E-state index in [1.807, 2.05) is 4.90 Å². The predicted octanol–water partition coefficient (Wildman–Crippen LogP) is 4.14. The lowest BCUT2D eigenvalue weighted by molar-refractivity contribution is 0.0715. The van der Waals surface area contributed by atoms with E-state index < -0.39 is 0 Å². The molecule has 1 heterocycles. The summed E-state index contributed by atoms with van der Waals surface area (Å²) in [6, 6.07) is 3.22. The largest absolute Gasteiger partial charge is 0.338 e. The number of rotatable bonds is 5. The second-order valence-electron chi connectivity index (χ2n) is 5.47. The van der Waals surface area contributed by atoms with Crippen molar-refractivity contribution in [2.75, 3.05) is 13.1 Å². The quantitative estimate of drug-likeness (QED) is 0.766. The zero-order chi connectivity index (χ0) is 14.6. The van der Waals surface area contributed by atoms with Crippen LogP contribution in [0, 0.1) is 11.8 Å². The molecule has 1 aromatic heterocycles. The van der Waals surface area contributed by atoms with Crippen molar-refractivity contribution in [2.24, 2.45) is 11.8 Å². The molecule has 0 aliphatic rings. The number of aromatic nitrogens is 1. The van der Waals surface area contributed by atoms with E-state index in [-0.39, 0.29) is 11.1 Å². The summed E-state index contributed by atoms with van der Waals surface area (Å²) in [5.41, 5.74) is 0.410. The van der Waals surface area contributed by atoms with Crippen molar-refractivity contribution in [3.05, 3.63) is 28.0 Å². The maximum absolute atomic E-state index is 12.5. The molecule has 19 heavy (non-hydrogen) atoms. The first-order chi connectivity index (χ1) is 8.81. The highest BCUT2D eigenvalue weighted by Crippen LogP contribution is 2.19. The summed E-state index contributed by atoms with van der Waals surface area (Å²) in [5, 5.41) is 0.454. The van der Waals surface area contributed by atoms with Crippen molar-refractivity contribution in [3.63, 3.8) is 0 Å². The van der Waals surface area contributed by atoms with E-state index in [0.717, 1.165) is 0 Å².